The zero-order valence-electron chi connectivity index (χ0n) is 13.1. The largest absolute Gasteiger partial charge is 0.760 e. The van der Waals surface area contributed by atoms with E-state index >= 15 is 0 Å². The van der Waals surface area contributed by atoms with Crippen molar-refractivity contribution < 1.29 is 18.4 Å². The van der Waals surface area contributed by atoms with E-state index in [4.69, 9.17) is 13.5 Å². The summed E-state index contributed by atoms with van der Waals surface area (Å²) in [6.45, 7) is 3.28. The molecule has 1 saturated carbocycles. The second kappa shape index (κ2) is 9.04. The van der Waals surface area contributed by atoms with Crippen LogP contribution >= 0.6 is 0 Å². The van der Waals surface area contributed by atoms with E-state index in [1.165, 1.54) is 18.9 Å². The maximum atomic E-state index is 10.9. The Balaban J connectivity index is 0.000000471. The summed E-state index contributed by atoms with van der Waals surface area (Å²) < 4.78 is 23.3. The van der Waals surface area contributed by atoms with E-state index in [0.29, 0.717) is 12.2 Å². The lowest BCUT2D eigenvalue weighted by molar-refractivity contribution is -0.384. The molecule has 134 valence electrons. The van der Waals surface area contributed by atoms with Gasteiger partial charge in [0.1, 0.15) is 5.69 Å². The Morgan fingerprint density at radius 3 is 2.71 bits per heavy atom. The van der Waals surface area contributed by atoms with E-state index < -0.39 is 11.3 Å². The fraction of sp³-hybridized carbons (Fsp3) is 0.571. The van der Waals surface area contributed by atoms with Gasteiger partial charge in [0.2, 0.25) is 0 Å². The summed E-state index contributed by atoms with van der Waals surface area (Å²) >= 11 is -2.36. The van der Waals surface area contributed by atoms with Crippen LogP contribution in [0.15, 0.2) is 24.3 Å². The van der Waals surface area contributed by atoms with Gasteiger partial charge in [-0.15, -0.1) is 0 Å². The molecule has 1 unspecified atom stereocenters. The molecule has 0 radical (unpaired) electrons. The predicted molar refractivity (Wildman–Crippen MR) is 89.0 cm³/mol. The Morgan fingerprint density at radius 1 is 1.42 bits per heavy atom. The molecule has 1 aliphatic carbocycles. The second-order valence-corrected chi connectivity index (χ2v) is 6.16. The van der Waals surface area contributed by atoms with Crippen molar-refractivity contribution >= 4 is 22.6 Å². The molecule has 0 spiro atoms. The number of para-hydroxylation sites is 2. The first kappa shape index (κ1) is 18.7. The van der Waals surface area contributed by atoms with Crippen molar-refractivity contribution in [3.63, 3.8) is 0 Å². The molecular formula is C14H21N4O5S-. The van der Waals surface area contributed by atoms with Gasteiger partial charge in [-0.3, -0.25) is 24.4 Å². The van der Waals surface area contributed by atoms with Crippen LogP contribution in [-0.2, 0) is 16.0 Å². The molecule has 1 saturated heterocycles. The Labute approximate surface area is 142 Å². The van der Waals surface area contributed by atoms with Gasteiger partial charge in [0.25, 0.3) is 5.69 Å². The number of nitro benzene ring substituents is 1. The van der Waals surface area contributed by atoms with Crippen LogP contribution in [0, 0.1) is 10.1 Å². The van der Waals surface area contributed by atoms with Crippen molar-refractivity contribution in [1.29, 1.82) is 0 Å². The maximum absolute atomic E-state index is 10.9. The first-order chi connectivity index (χ1) is 11.5. The molecule has 0 bridgehead atoms. The summed E-state index contributed by atoms with van der Waals surface area (Å²) in [4.78, 5) is 13.1. The number of hydrogen-bond acceptors (Lipinski definition) is 7. The summed E-state index contributed by atoms with van der Waals surface area (Å²) in [5.41, 5.74) is 0.673. The van der Waals surface area contributed by atoms with Crippen molar-refractivity contribution in [2.45, 2.75) is 25.0 Å². The molecule has 2 atom stereocenters. The lowest BCUT2D eigenvalue weighted by Gasteiger charge is -2.33. The highest BCUT2D eigenvalue weighted by molar-refractivity contribution is 7.76. The van der Waals surface area contributed by atoms with Crippen LogP contribution in [0.2, 0.25) is 0 Å². The van der Waals surface area contributed by atoms with Crippen LogP contribution < -0.4 is 10.5 Å². The minimum absolute atomic E-state index is 0.101. The number of ether oxygens (including phenoxy) is 1. The average Bonchev–Trinajstić information content (AvgIpc) is 3.38. The van der Waals surface area contributed by atoms with Crippen LogP contribution in [0.4, 0.5) is 11.4 Å². The van der Waals surface area contributed by atoms with Crippen molar-refractivity contribution in [1.82, 2.24) is 4.90 Å². The minimum atomic E-state index is -2.36. The molecule has 3 N–H and O–H groups in total. The van der Waals surface area contributed by atoms with E-state index in [1.807, 2.05) is 0 Å². The van der Waals surface area contributed by atoms with Gasteiger partial charge in [-0.05, 0) is 18.9 Å². The fourth-order valence-electron chi connectivity index (χ4n) is 2.64. The monoisotopic (exact) mass is 357 g/mol. The summed E-state index contributed by atoms with van der Waals surface area (Å²) in [6.07, 6.45) is 2.69. The molecule has 1 aromatic rings. The first-order valence-electron chi connectivity index (χ1n) is 7.64. The highest BCUT2D eigenvalue weighted by Crippen LogP contribution is 2.28. The fourth-order valence-corrected chi connectivity index (χ4v) is 2.64. The number of anilines is 1. The quantitative estimate of drug-likeness (QED) is 0.448. The molecule has 10 heteroatoms. The lowest BCUT2D eigenvalue weighted by atomic mass is 10.2. The van der Waals surface area contributed by atoms with Crippen LogP contribution in [0.25, 0.3) is 0 Å². The molecule has 1 heterocycles. The molecule has 1 aromatic carbocycles. The van der Waals surface area contributed by atoms with E-state index in [1.54, 1.807) is 18.2 Å². The third kappa shape index (κ3) is 6.13. The third-order valence-corrected chi connectivity index (χ3v) is 3.85. The van der Waals surface area contributed by atoms with Crippen LogP contribution in [0.1, 0.15) is 12.8 Å². The second-order valence-electron chi connectivity index (χ2n) is 5.63. The molecular weight excluding hydrogens is 336 g/mol. The van der Waals surface area contributed by atoms with Crippen molar-refractivity contribution in [3.8, 4) is 0 Å². The molecule has 3 rings (SSSR count). The van der Waals surface area contributed by atoms with Gasteiger partial charge in [0, 0.05) is 43.0 Å². The highest BCUT2D eigenvalue weighted by Gasteiger charge is 2.32. The number of nitro groups is 1. The predicted octanol–water partition coefficient (Wildman–Crippen LogP) is 0.609. The topological polar surface area (TPSA) is 134 Å². The molecule has 9 nitrogen and oxygen atoms in total. The molecule has 24 heavy (non-hydrogen) atoms. The Bertz CT molecular complexity index is 580. The minimum Gasteiger partial charge on any atom is -0.760 e. The summed E-state index contributed by atoms with van der Waals surface area (Å²) in [5.74, 6) is 0. The van der Waals surface area contributed by atoms with Crippen LogP contribution in [0.5, 0.6) is 0 Å². The van der Waals surface area contributed by atoms with E-state index in [-0.39, 0.29) is 16.7 Å². The van der Waals surface area contributed by atoms with Gasteiger partial charge in [-0.2, -0.15) is 0 Å². The molecule has 0 aromatic heterocycles. The molecule has 2 aliphatic rings. The first-order valence-corrected chi connectivity index (χ1v) is 8.77. The number of nitrogens with two attached hydrogens (primary N) is 1. The number of rotatable bonds is 5. The van der Waals surface area contributed by atoms with Crippen LogP contribution in [-0.4, -0.2) is 57.0 Å². The normalized spacial score (nSPS) is 22.2. The summed E-state index contributed by atoms with van der Waals surface area (Å²) in [7, 11) is 0. The number of morpholine rings is 1. The maximum Gasteiger partial charge on any atom is 0.292 e. The third-order valence-electron chi connectivity index (χ3n) is 3.85. The number of hydrogen-bond donors (Lipinski definition) is 2. The van der Waals surface area contributed by atoms with Gasteiger partial charge >= 0.3 is 0 Å². The highest BCUT2D eigenvalue weighted by atomic mass is 32.2. The summed E-state index contributed by atoms with van der Waals surface area (Å²) in [6, 6.07) is 7.47. The lowest BCUT2D eigenvalue weighted by Crippen LogP contribution is -2.46. The molecule has 2 fully saturated rings. The Morgan fingerprint density at radius 2 is 2.08 bits per heavy atom. The van der Waals surface area contributed by atoms with Crippen molar-refractivity contribution in [2.75, 3.05) is 31.6 Å². The standard InChI is InChI=1S/C14H19N3O3.H3NO2S/c18-17(19)14-4-2-1-3-13(14)15-9-12-10-16(7-8-20-12)11-5-6-11;1-4(2)3/h1-4,11-12,15H,5-10H2;1H2,(H,2,3)/p-1/t12-;/m1./s1. The van der Waals surface area contributed by atoms with E-state index in [0.717, 1.165) is 25.7 Å². The zero-order valence-corrected chi connectivity index (χ0v) is 13.9. The van der Waals surface area contributed by atoms with Crippen molar-refractivity contribution in [3.05, 3.63) is 34.4 Å². The molecule has 0 amide bonds. The average molecular weight is 357 g/mol. The van der Waals surface area contributed by atoms with Gasteiger partial charge in [0.05, 0.1) is 17.6 Å². The van der Waals surface area contributed by atoms with Crippen LogP contribution in [0.3, 0.4) is 0 Å². The number of nitrogens with zero attached hydrogens (tertiary/aromatic N) is 2. The zero-order chi connectivity index (χ0) is 17.5. The SMILES string of the molecule is NS(=O)[O-].O=[N+]([O-])c1ccccc1NC[C@@H]1CN(C2CC2)CCO1. The van der Waals surface area contributed by atoms with Crippen molar-refractivity contribution in [2.24, 2.45) is 5.14 Å². The number of nitrogens with one attached hydrogen (secondary N) is 1. The van der Waals surface area contributed by atoms with E-state index in [9.17, 15) is 10.1 Å². The van der Waals surface area contributed by atoms with E-state index in [2.05, 4.69) is 15.4 Å². The van der Waals surface area contributed by atoms with Gasteiger partial charge < -0.3 is 14.6 Å². The van der Waals surface area contributed by atoms with Gasteiger partial charge in [0.15, 0.2) is 0 Å². The van der Waals surface area contributed by atoms with Gasteiger partial charge in [-0.25, -0.2) is 0 Å². The molecule has 1 aliphatic heterocycles. The van der Waals surface area contributed by atoms with Gasteiger partial charge in [-0.1, -0.05) is 12.1 Å². The Kier molecular flexibility index (Phi) is 7.06. The number of benzene rings is 1. The Hall–Kier alpha value is -1.59. The smallest absolute Gasteiger partial charge is 0.292 e. The summed E-state index contributed by atoms with van der Waals surface area (Å²) in [5, 5.41) is 18.1.